The Morgan fingerprint density at radius 1 is 1.03 bits per heavy atom. The van der Waals surface area contributed by atoms with Gasteiger partial charge < -0.3 is 15.4 Å². The standard InChI is InChI=1S/C28H29N5O3/c1-17(2)15-29-25-26-32-23(28(35)36-3)24(33(26)16-22(31-25)18-7-5-4-6-8-18)19-9-11-20(12-10-19)27(34)30-21-13-14-21/h4-12,16-17,21H,13-15H2,1-3H3,(H,29,31)(H,30,34). The molecule has 0 bridgehead atoms. The minimum absolute atomic E-state index is 0.0916. The maximum Gasteiger partial charge on any atom is 0.358 e. The number of hydrogen-bond donors (Lipinski definition) is 2. The fourth-order valence-electron chi connectivity index (χ4n) is 4.01. The van der Waals surface area contributed by atoms with Crippen molar-refractivity contribution in [2.24, 2.45) is 5.92 Å². The third-order valence-electron chi connectivity index (χ3n) is 6.07. The van der Waals surface area contributed by atoms with Crippen LogP contribution in [0.25, 0.3) is 28.2 Å². The van der Waals surface area contributed by atoms with E-state index >= 15 is 0 Å². The summed E-state index contributed by atoms with van der Waals surface area (Å²) >= 11 is 0. The Morgan fingerprint density at radius 2 is 1.75 bits per heavy atom. The van der Waals surface area contributed by atoms with E-state index in [1.807, 2.05) is 53.1 Å². The van der Waals surface area contributed by atoms with Gasteiger partial charge in [0, 0.05) is 35.5 Å². The number of imidazole rings is 1. The minimum atomic E-state index is -0.541. The minimum Gasteiger partial charge on any atom is -0.464 e. The number of nitrogens with zero attached hydrogens (tertiary/aromatic N) is 3. The zero-order valence-corrected chi connectivity index (χ0v) is 20.6. The molecule has 1 saturated carbocycles. The van der Waals surface area contributed by atoms with Gasteiger partial charge in [0.2, 0.25) is 0 Å². The molecule has 2 heterocycles. The van der Waals surface area contributed by atoms with Crippen molar-refractivity contribution in [2.75, 3.05) is 19.0 Å². The van der Waals surface area contributed by atoms with Gasteiger partial charge in [-0.05, 0) is 30.9 Å². The fourth-order valence-corrected chi connectivity index (χ4v) is 4.01. The van der Waals surface area contributed by atoms with E-state index in [0.29, 0.717) is 35.2 Å². The number of amides is 1. The second-order valence-electron chi connectivity index (χ2n) is 9.43. The average molecular weight is 484 g/mol. The lowest BCUT2D eigenvalue weighted by atomic mass is 10.1. The SMILES string of the molecule is COC(=O)c1nc2c(NCC(C)C)nc(-c3ccccc3)cn2c1-c1ccc(C(=O)NC2CC2)cc1. The number of benzene rings is 2. The van der Waals surface area contributed by atoms with Crippen LogP contribution in [0.3, 0.4) is 0 Å². The maximum absolute atomic E-state index is 12.8. The van der Waals surface area contributed by atoms with Crippen molar-refractivity contribution in [3.8, 4) is 22.5 Å². The van der Waals surface area contributed by atoms with Gasteiger partial charge in [0.15, 0.2) is 17.2 Å². The molecular formula is C28H29N5O3. The summed E-state index contributed by atoms with van der Waals surface area (Å²) in [4.78, 5) is 34.8. The van der Waals surface area contributed by atoms with Gasteiger partial charge in [-0.1, -0.05) is 56.3 Å². The number of carbonyl (C=O) groups is 2. The van der Waals surface area contributed by atoms with Crippen LogP contribution in [0, 0.1) is 5.92 Å². The predicted molar refractivity (Wildman–Crippen MR) is 139 cm³/mol. The van der Waals surface area contributed by atoms with Crippen LogP contribution in [0.2, 0.25) is 0 Å². The first-order chi connectivity index (χ1) is 17.4. The number of hydrogen-bond acceptors (Lipinski definition) is 6. The van der Waals surface area contributed by atoms with E-state index in [2.05, 4.69) is 29.5 Å². The number of carbonyl (C=O) groups excluding carboxylic acids is 2. The Morgan fingerprint density at radius 3 is 2.39 bits per heavy atom. The van der Waals surface area contributed by atoms with Crippen molar-refractivity contribution in [1.82, 2.24) is 19.7 Å². The topological polar surface area (TPSA) is 97.6 Å². The Kier molecular flexibility index (Phi) is 6.41. The molecule has 0 spiro atoms. The van der Waals surface area contributed by atoms with E-state index in [-0.39, 0.29) is 17.6 Å². The predicted octanol–water partition coefficient (Wildman–Crippen LogP) is 4.81. The van der Waals surface area contributed by atoms with Crippen molar-refractivity contribution in [2.45, 2.75) is 32.7 Å². The number of rotatable bonds is 8. The van der Waals surface area contributed by atoms with Crippen LogP contribution in [0.1, 0.15) is 47.5 Å². The monoisotopic (exact) mass is 483 g/mol. The average Bonchev–Trinajstić information content (AvgIpc) is 3.63. The molecule has 1 fully saturated rings. The van der Waals surface area contributed by atoms with Crippen LogP contribution in [0.4, 0.5) is 5.82 Å². The van der Waals surface area contributed by atoms with Crippen molar-refractivity contribution < 1.29 is 14.3 Å². The Bertz CT molecular complexity index is 1410. The second kappa shape index (κ2) is 9.81. The summed E-state index contributed by atoms with van der Waals surface area (Å²) in [5, 5.41) is 6.40. The molecule has 1 amide bonds. The lowest BCUT2D eigenvalue weighted by Crippen LogP contribution is -2.25. The molecule has 2 N–H and O–H groups in total. The van der Waals surface area contributed by atoms with Gasteiger partial charge in [-0.3, -0.25) is 9.20 Å². The van der Waals surface area contributed by atoms with E-state index in [1.165, 1.54) is 7.11 Å². The first-order valence-corrected chi connectivity index (χ1v) is 12.2. The zero-order chi connectivity index (χ0) is 25.2. The molecule has 1 aliphatic carbocycles. The van der Waals surface area contributed by atoms with Gasteiger partial charge in [0.25, 0.3) is 5.91 Å². The number of fused-ring (bicyclic) bond motifs is 1. The Labute approximate surface area is 209 Å². The molecule has 5 rings (SSSR count). The van der Waals surface area contributed by atoms with Gasteiger partial charge in [-0.15, -0.1) is 0 Å². The maximum atomic E-state index is 12.8. The van der Waals surface area contributed by atoms with Crippen LogP contribution >= 0.6 is 0 Å². The number of nitrogens with one attached hydrogen (secondary N) is 2. The summed E-state index contributed by atoms with van der Waals surface area (Å²) in [7, 11) is 1.34. The molecule has 8 heteroatoms. The van der Waals surface area contributed by atoms with Crippen LogP contribution in [0.5, 0.6) is 0 Å². The van der Waals surface area contributed by atoms with Crippen LogP contribution in [-0.4, -0.2) is 45.9 Å². The molecular weight excluding hydrogens is 454 g/mol. The molecule has 4 aromatic rings. The second-order valence-corrected chi connectivity index (χ2v) is 9.43. The van der Waals surface area contributed by atoms with Crippen molar-refractivity contribution in [3.63, 3.8) is 0 Å². The Hall–Kier alpha value is -4.20. The molecule has 0 atom stereocenters. The van der Waals surface area contributed by atoms with Crippen LogP contribution < -0.4 is 10.6 Å². The van der Waals surface area contributed by atoms with Crippen molar-refractivity contribution in [1.29, 1.82) is 0 Å². The summed E-state index contributed by atoms with van der Waals surface area (Å²) < 4.78 is 6.95. The summed E-state index contributed by atoms with van der Waals surface area (Å²) in [6, 6.07) is 17.3. The number of esters is 1. The molecule has 2 aromatic heterocycles. The first kappa shape index (κ1) is 23.5. The molecule has 36 heavy (non-hydrogen) atoms. The first-order valence-electron chi connectivity index (χ1n) is 12.2. The third kappa shape index (κ3) is 4.79. The largest absolute Gasteiger partial charge is 0.464 e. The van der Waals surface area contributed by atoms with Gasteiger partial charge in [0.05, 0.1) is 18.5 Å². The molecule has 0 unspecified atom stereocenters. The molecule has 184 valence electrons. The lowest BCUT2D eigenvalue weighted by molar-refractivity contribution is 0.0595. The zero-order valence-electron chi connectivity index (χ0n) is 20.6. The molecule has 1 aliphatic rings. The van der Waals surface area contributed by atoms with E-state index in [9.17, 15) is 9.59 Å². The number of aromatic nitrogens is 3. The highest BCUT2D eigenvalue weighted by Crippen LogP contribution is 2.31. The van der Waals surface area contributed by atoms with Crippen LogP contribution in [-0.2, 0) is 4.74 Å². The van der Waals surface area contributed by atoms with Gasteiger partial charge in [-0.25, -0.2) is 14.8 Å². The quantitative estimate of drug-likeness (QED) is 0.349. The molecule has 0 radical (unpaired) electrons. The lowest BCUT2D eigenvalue weighted by Gasteiger charge is -2.13. The van der Waals surface area contributed by atoms with E-state index in [1.54, 1.807) is 12.1 Å². The molecule has 8 nitrogen and oxygen atoms in total. The van der Waals surface area contributed by atoms with Crippen molar-refractivity contribution >= 4 is 23.3 Å². The van der Waals surface area contributed by atoms with E-state index in [4.69, 9.17) is 9.72 Å². The van der Waals surface area contributed by atoms with Crippen molar-refractivity contribution in [3.05, 3.63) is 72.1 Å². The summed E-state index contributed by atoms with van der Waals surface area (Å²) in [6.07, 6.45) is 3.94. The molecule has 2 aromatic carbocycles. The normalized spacial score (nSPS) is 13.1. The number of anilines is 1. The van der Waals surface area contributed by atoms with Crippen LogP contribution in [0.15, 0.2) is 60.8 Å². The number of ether oxygens (including phenoxy) is 1. The summed E-state index contributed by atoms with van der Waals surface area (Å²) in [6.45, 7) is 4.92. The van der Waals surface area contributed by atoms with Gasteiger partial charge >= 0.3 is 5.97 Å². The third-order valence-corrected chi connectivity index (χ3v) is 6.07. The number of methoxy groups -OCH3 is 1. The Balaban J connectivity index is 1.67. The highest BCUT2D eigenvalue weighted by molar-refractivity contribution is 5.98. The fraction of sp³-hybridized carbons (Fsp3) is 0.286. The van der Waals surface area contributed by atoms with Gasteiger partial charge in [-0.2, -0.15) is 0 Å². The van der Waals surface area contributed by atoms with Gasteiger partial charge in [0.1, 0.15) is 0 Å². The highest BCUT2D eigenvalue weighted by atomic mass is 16.5. The summed E-state index contributed by atoms with van der Waals surface area (Å²) in [5.41, 5.74) is 4.30. The van der Waals surface area contributed by atoms with E-state index in [0.717, 1.165) is 29.7 Å². The summed E-state index contributed by atoms with van der Waals surface area (Å²) in [5.74, 6) is 0.337. The molecule has 0 saturated heterocycles. The molecule has 0 aliphatic heterocycles. The van der Waals surface area contributed by atoms with E-state index < -0.39 is 5.97 Å². The smallest absolute Gasteiger partial charge is 0.358 e. The highest BCUT2D eigenvalue weighted by Gasteiger charge is 2.26.